The molecular formula is C21H20FNO2. The van der Waals surface area contributed by atoms with E-state index < -0.39 is 5.97 Å². The van der Waals surface area contributed by atoms with E-state index >= 15 is 0 Å². The molecule has 0 fully saturated rings. The average molecular weight is 337 g/mol. The van der Waals surface area contributed by atoms with Crippen LogP contribution in [-0.4, -0.2) is 15.6 Å². The van der Waals surface area contributed by atoms with Gasteiger partial charge >= 0.3 is 5.97 Å². The third kappa shape index (κ3) is 2.95. The topological polar surface area (TPSA) is 42.2 Å². The van der Waals surface area contributed by atoms with E-state index in [0.29, 0.717) is 11.1 Å². The summed E-state index contributed by atoms with van der Waals surface area (Å²) in [5.41, 5.74) is 4.12. The first-order chi connectivity index (χ1) is 11.9. The fourth-order valence-electron chi connectivity index (χ4n) is 3.36. The molecule has 0 saturated heterocycles. The summed E-state index contributed by atoms with van der Waals surface area (Å²) < 4.78 is 15.3. The summed E-state index contributed by atoms with van der Waals surface area (Å²) in [5.74, 6) is -1.30. The summed E-state index contributed by atoms with van der Waals surface area (Å²) in [6, 6.07) is 15.7. The van der Waals surface area contributed by atoms with E-state index in [1.54, 1.807) is 12.1 Å². The minimum absolute atomic E-state index is 0.0132. The lowest BCUT2D eigenvalue weighted by atomic mass is 9.97. The molecule has 0 aliphatic carbocycles. The zero-order valence-corrected chi connectivity index (χ0v) is 14.5. The van der Waals surface area contributed by atoms with E-state index in [9.17, 15) is 14.3 Å². The molecule has 0 spiro atoms. The van der Waals surface area contributed by atoms with Crippen molar-refractivity contribution in [3.8, 4) is 16.8 Å². The van der Waals surface area contributed by atoms with Crippen molar-refractivity contribution in [1.29, 1.82) is 0 Å². The van der Waals surface area contributed by atoms with Crippen LogP contribution in [0.1, 0.15) is 41.5 Å². The molecule has 0 atom stereocenters. The molecule has 0 saturated carbocycles. The van der Waals surface area contributed by atoms with Gasteiger partial charge in [0.2, 0.25) is 0 Å². The van der Waals surface area contributed by atoms with Gasteiger partial charge in [0.1, 0.15) is 5.82 Å². The largest absolute Gasteiger partial charge is 0.478 e. The molecule has 3 aromatic rings. The number of hydrogen-bond acceptors (Lipinski definition) is 1. The molecule has 0 radical (unpaired) electrons. The number of carbonyl (C=O) groups is 1. The number of rotatable bonds is 4. The summed E-state index contributed by atoms with van der Waals surface area (Å²) in [6.07, 6.45) is 0. The van der Waals surface area contributed by atoms with Crippen molar-refractivity contribution in [2.45, 2.75) is 26.7 Å². The van der Waals surface area contributed by atoms with Crippen LogP contribution in [-0.2, 0) is 0 Å². The van der Waals surface area contributed by atoms with E-state index in [4.69, 9.17) is 0 Å². The Labute approximate surface area is 146 Å². The lowest BCUT2D eigenvalue weighted by Crippen LogP contribution is -2.08. The molecule has 4 heteroatoms. The van der Waals surface area contributed by atoms with Crippen molar-refractivity contribution < 1.29 is 14.3 Å². The highest BCUT2D eigenvalue weighted by Gasteiger charge is 2.28. The molecule has 0 aliphatic rings. The Balaban J connectivity index is 2.39. The van der Waals surface area contributed by atoms with Crippen LogP contribution in [0.2, 0.25) is 0 Å². The summed E-state index contributed by atoms with van der Waals surface area (Å²) in [7, 11) is 0. The molecule has 3 nitrogen and oxygen atoms in total. The number of benzene rings is 2. The van der Waals surface area contributed by atoms with Gasteiger partial charge in [-0.05, 0) is 42.7 Å². The van der Waals surface area contributed by atoms with Gasteiger partial charge in [0.05, 0.1) is 5.56 Å². The highest BCUT2D eigenvalue weighted by Crippen LogP contribution is 2.38. The first-order valence-corrected chi connectivity index (χ1v) is 8.21. The van der Waals surface area contributed by atoms with Crippen molar-refractivity contribution in [1.82, 2.24) is 4.57 Å². The van der Waals surface area contributed by atoms with Crippen LogP contribution in [0.25, 0.3) is 16.8 Å². The summed E-state index contributed by atoms with van der Waals surface area (Å²) >= 11 is 0. The number of nitrogens with zero attached hydrogens (tertiary/aromatic N) is 1. The highest BCUT2D eigenvalue weighted by molar-refractivity contribution is 5.99. The number of carboxylic acids is 1. The zero-order valence-electron chi connectivity index (χ0n) is 14.5. The van der Waals surface area contributed by atoms with Crippen LogP contribution in [0.3, 0.4) is 0 Å². The Bertz CT molecular complexity index is 909. The highest BCUT2D eigenvalue weighted by atomic mass is 19.1. The summed E-state index contributed by atoms with van der Waals surface area (Å²) in [4.78, 5) is 12.1. The van der Waals surface area contributed by atoms with Crippen LogP contribution >= 0.6 is 0 Å². The lowest BCUT2D eigenvalue weighted by molar-refractivity contribution is 0.0696. The van der Waals surface area contributed by atoms with Gasteiger partial charge in [0.25, 0.3) is 0 Å². The SMILES string of the molecule is Cc1c(-c2ccc(F)cc2)c(C(=O)O)c(C(C)C)n1-c1ccccc1. The van der Waals surface area contributed by atoms with Crippen molar-refractivity contribution in [2.24, 2.45) is 0 Å². The van der Waals surface area contributed by atoms with Gasteiger partial charge < -0.3 is 9.67 Å². The molecular weight excluding hydrogens is 317 g/mol. The maximum absolute atomic E-state index is 13.3. The normalized spacial score (nSPS) is 11.1. The maximum Gasteiger partial charge on any atom is 0.338 e. The summed E-state index contributed by atoms with van der Waals surface area (Å²) in [6.45, 7) is 5.87. The van der Waals surface area contributed by atoms with Gasteiger partial charge in [-0.2, -0.15) is 0 Å². The molecule has 0 unspecified atom stereocenters. The smallest absolute Gasteiger partial charge is 0.338 e. The van der Waals surface area contributed by atoms with Crippen LogP contribution in [0.5, 0.6) is 0 Å². The molecule has 1 aromatic heterocycles. The quantitative estimate of drug-likeness (QED) is 0.691. The minimum Gasteiger partial charge on any atom is -0.478 e. The van der Waals surface area contributed by atoms with Crippen molar-refractivity contribution in [3.63, 3.8) is 0 Å². The predicted octanol–water partition coefficient (Wildman–Crippen LogP) is 5.41. The van der Waals surface area contributed by atoms with Crippen LogP contribution in [0.15, 0.2) is 54.6 Å². The Morgan fingerprint density at radius 2 is 1.64 bits per heavy atom. The van der Waals surface area contributed by atoms with Gasteiger partial charge in [-0.3, -0.25) is 0 Å². The van der Waals surface area contributed by atoms with Crippen molar-refractivity contribution in [2.75, 3.05) is 0 Å². The average Bonchev–Trinajstić information content (AvgIpc) is 2.90. The van der Waals surface area contributed by atoms with Crippen molar-refractivity contribution in [3.05, 3.63) is 77.4 Å². The number of aromatic carboxylic acids is 1. The first-order valence-electron chi connectivity index (χ1n) is 8.21. The molecule has 0 amide bonds. The van der Waals surface area contributed by atoms with Crippen LogP contribution < -0.4 is 0 Å². The first kappa shape index (κ1) is 17.0. The van der Waals surface area contributed by atoms with E-state index in [1.807, 2.05) is 55.7 Å². The number of hydrogen-bond donors (Lipinski definition) is 1. The second-order valence-corrected chi connectivity index (χ2v) is 6.36. The van der Waals surface area contributed by atoms with Gasteiger partial charge in [-0.1, -0.05) is 44.2 Å². The Morgan fingerprint density at radius 1 is 1.04 bits per heavy atom. The third-order valence-electron chi connectivity index (χ3n) is 4.35. The molecule has 1 heterocycles. The molecule has 25 heavy (non-hydrogen) atoms. The van der Waals surface area contributed by atoms with Gasteiger partial charge in [0.15, 0.2) is 0 Å². The summed E-state index contributed by atoms with van der Waals surface area (Å²) in [5, 5.41) is 9.91. The minimum atomic E-state index is -0.971. The maximum atomic E-state index is 13.3. The monoisotopic (exact) mass is 337 g/mol. The predicted molar refractivity (Wildman–Crippen MR) is 96.9 cm³/mol. The van der Waals surface area contributed by atoms with E-state index in [1.165, 1.54) is 12.1 Å². The number of carboxylic acid groups (broad SMARTS) is 1. The molecule has 2 aromatic carbocycles. The molecule has 0 aliphatic heterocycles. The second-order valence-electron chi connectivity index (χ2n) is 6.36. The van der Waals surface area contributed by atoms with Crippen LogP contribution in [0.4, 0.5) is 4.39 Å². The molecule has 0 bridgehead atoms. The van der Waals surface area contributed by atoms with Gasteiger partial charge in [-0.25, -0.2) is 9.18 Å². The number of halogens is 1. The Hall–Kier alpha value is -2.88. The number of aromatic nitrogens is 1. The zero-order chi connectivity index (χ0) is 18.1. The van der Waals surface area contributed by atoms with Crippen molar-refractivity contribution >= 4 is 5.97 Å². The number of para-hydroxylation sites is 1. The lowest BCUT2D eigenvalue weighted by Gasteiger charge is -2.15. The Kier molecular flexibility index (Phi) is 4.45. The third-order valence-corrected chi connectivity index (χ3v) is 4.35. The fourth-order valence-corrected chi connectivity index (χ4v) is 3.36. The van der Waals surface area contributed by atoms with E-state index in [0.717, 1.165) is 17.1 Å². The van der Waals surface area contributed by atoms with Crippen LogP contribution in [0, 0.1) is 12.7 Å². The van der Waals surface area contributed by atoms with E-state index in [2.05, 4.69) is 0 Å². The molecule has 1 N–H and O–H groups in total. The van der Waals surface area contributed by atoms with Gasteiger partial charge in [0, 0.05) is 22.6 Å². The Morgan fingerprint density at radius 3 is 2.16 bits per heavy atom. The van der Waals surface area contributed by atoms with Gasteiger partial charge in [-0.15, -0.1) is 0 Å². The molecule has 128 valence electrons. The fraction of sp³-hybridized carbons (Fsp3) is 0.190. The second kappa shape index (κ2) is 6.55. The van der Waals surface area contributed by atoms with E-state index in [-0.39, 0.29) is 17.3 Å². The standard InChI is InChI=1S/C21H20FNO2/c1-13(2)20-19(21(24)25)18(15-9-11-16(22)12-10-15)14(3)23(20)17-7-5-4-6-8-17/h4-13H,1-3H3,(H,24,25). The molecule has 3 rings (SSSR count).